The van der Waals surface area contributed by atoms with Crippen molar-refractivity contribution in [1.29, 1.82) is 0 Å². The zero-order valence-electron chi connectivity index (χ0n) is 10.1. The molecule has 0 aliphatic heterocycles. The molecule has 0 saturated heterocycles. The molecule has 0 unspecified atom stereocenters. The fourth-order valence-electron chi connectivity index (χ4n) is 1.90. The van der Waals surface area contributed by atoms with Crippen molar-refractivity contribution >= 4 is 11.9 Å². The highest BCUT2D eigenvalue weighted by Gasteiger charge is 2.33. The molecule has 0 atom stereocenters. The number of hydrogen-bond acceptors (Lipinski definition) is 2. The molecule has 0 spiro atoms. The Hall–Kier alpha value is -1.98. The summed E-state index contributed by atoms with van der Waals surface area (Å²) < 4.78 is 26.2. The van der Waals surface area contributed by atoms with Gasteiger partial charge in [-0.25, -0.2) is 8.78 Å². The Morgan fingerprint density at radius 3 is 2.26 bits per heavy atom. The highest BCUT2D eigenvalue weighted by atomic mass is 19.1. The summed E-state index contributed by atoms with van der Waals surface area (Å²) in [6, 6.07) is 2.59. The minimum Gasteiger partial charge on any atom is -0.481 e. The molecule has 1 aliphatic carbocycles. The van der Waals surface area contributed by atoms with Gasteiger partial charge in [0, 0.05) is 24.2 Å². The average Bonchev–Trinajstić information content (AvgIpc) is 3.11. The van der Waals surface area contributed by atoms with E-state index < -0.39 is 23.5 Å². The molecule has 0 heterocycles. The van der Waals surface area contributed by atoms with Crippen LogP contribution in [0.5, 0.6) is 0 Å². The largest absolute Gasteiger partial charge is 0.481 e. The summed E-state index contributed by atoms with van der Waals surface area (Å²) in [4.78, 5) is 24.1. The summed E-state index contributed by atoms with van der Waals surface area (Å²) in [5.41, 5.74) is -0.0882. The SMILES string of the molecule is O=C(O)CCN(C(=O)c1cc(F)cc(F)c1)C1CC1. The average molecular weight is 269 g/mol. The van der Waals surface area contributed by atoms with Crippen molar-refractivity contribution in [2.24, 2.45) is 0 Å². The van der Waals surface area contributed by atoms with E-state index >= 15 is 0 Å². The summed E-state index contributed by atoms with van der Waals surface area (Å²) in [6.45, 7) is 0.0525. The van der Waals surface area contributed by atoms with Gasteiger partial charge in [0.2, 0.25) is 0 Å². The Morgan fingerprint density at radius 1 is 1.21 bits per heavy atom. The maximum absolute atomic E-state index is 13.1. The predicted molar refractivity (Wildman–Crippen MR) is 62.7 cm³/mol. The molecule has 102 valence electrons. The molecule has 1 aliphatic rings. The maximum atomic E-state index is 13.1. The second kappa shape index (κ2) is 5.34. The number of carboxylic acids is 1. The Balaban J connectivity index is 2.16. The number of benzene rings is 1. The molecule has 0 bridgehead atoms. The van der Waals surface area contributed by atoms with Crippen LogP contribution in [0.3, 0.4) is 0 Å². The Bertz CT molecular complexity index is 494. The van der Waals surface area contributed by atoms with Crippen molar-refractivity contribution in [3.63, 3.8) is 0 Å². The van der Waals surface area contributed by atoms with Crippen LogP contribution in [-0.2, 0) is 4.79 Å². The molecule has 0 radical (unpaired) electrons. The number of aliphatic carboxylic acids is 1. The molecule has 4 nitrogen and oxygen atoms in total. The van der Waals surface area contributed by atoms with E-state index in [4.69, 9.17) is 5.11 Å². The van der Waals surface area contributed by atoms with Gasteiger partial charge in [0.05, 0.1) is 6.42 Å². The van der Waals surface area contributed by atoms with Crippen molar-refractivity contribution in [1.82, 2.24) is 4.90 Å². The minimum absolute atomic E-state index is 0.0156. The van der Waals surface area contributed by atoms with E-state index in [2.05, 4.69) is 0 Å². The van der Waals surface area contributed by atoms with Crippen LogP contribution in [0.15, 0.2) is 18.2 Å². The van der Waals surface area contributed by atoms with Gasteiger partial charge < -0.3 is 10.0 Å². The molecular weight excluding hydrogens is 256 g/mol. The number of rotatable bonds is 5. The molecular formula is C13H13F2NO3. The van der Waals surface area contributed by atoms with Crippen LogP contribution in [0.25, 0.3) is 0 Å². The molecule has 6 heteroatoms. The van der Waals surface area contributed by atoms with Crippen molar-refractivity contribution in [2.75, 3.05) is 6.54 Å². The minimum atomic E-state index is -1.01. The third-order valence-corrected chi connectivity index (χ3v) is 2.92. The first-order valence-corrected chi connectivity index (χ1v) is 5.96. The number of nitrogens with zero attached hydrogens (tertiary/aromatic N) is 1. The fourth-order valence-corrected chi connectivity index (χ4v) is 1.90. The van der Waals surface area contributed by atoms with Gasteiger partial charge in [-0.15, -0.1) is 0 Å². The summed E-state index contributed by atoms with van der Waals surface area (Å²) in [5.74, 6) is -3.18. The lowest BCUT2D eigenvalue weighted by molar-refractivity contribution is -0.137. The molecule has 2 rings (SSSR count). The predicted octanol–water partition coefficient (Wildman–Crippen LogP) is 2.04. The second-order valence-corrected chi connectivity index (χ2v) is 4.53. The normalized spacial score (nSPS) is 14.2. The van der Waals surface area contributed by atoms with E-state index in [1.54, 1.807) is 0 Å². The quantitative estimate of drug-likeness (QED) is 0.890. The Labute approximate surface area is 108 Å². The molecule has 0 aromatic heterocycles. The lowest BCUT2D eigenvalue weighted by Crippen LogP contribution is -2.35. The summed E-state index contributed by atoms with van der Waals surface area (Å²) >= 11 is 0. The zero-order valence-corrected chi connectivity index (χ0v) is 10.1. The van der Waals surface area contributed by atoms with E-state index in [1.807, 2.05) is 0 Å². The van der Waals surface area contributed by atoms with Gasteiger partial charge in [-0.2, -0.15) is 0 Å². The van der Waals surface area contributed by atoms with Gasteiger partial charge in [-0.1, -0.05) is 0 Å². The van der Waals surface area contributed by atoms with E-state index in [1.165, 1.54) is 4.90 Å². The van der Waals surface area contributed by atoms with E-state index in [-0.39, 0.29) is 24.6 Å². The van der Waals surface area contributed by atoms with Crippen LogP contribution in [0.2, 0.25) is 0 Å². The number of hydrogen-bond donors (Lipinski definition) is 1. The van der Waals surface area contributed by atoms with Crippen LogP contribution in [0.1, 0.15) is 29.6 Å². The first-order chi connectivity index (χ1) is 8.97. The maximum Gasteiger partial charge on any atom is 0.305 e. The Kier molecular flexibility index (Phi) is 3.78. The molecule has 1 saturated carbocycles. The third kappa shape index (κ3) is 3.49. The molecule has 1 fully saturated rings. The number of carboxylic acid groups (broad SMARTS) is 1. The van der Waals surface area contributed by atoms with Crippen LogP contribution in [-0.4, -0.2) is 34.5 Å². The van der Waals surface area contributed by atoms with Gasteiger partial charge >= 0.3 is 5.97 Å². The number of carbonyl (C=O) groups is 2. The monoisotopic (exact) mass is 269 g/mol. The number of halogens is 2. The highest BCUT2D eigenvalue weighted by molar-refractivity contribution is 5.94. The van der Waals surface area contributed by atoms with Crippen molar-refractivity contribution in [3.05, 3.63) is 35.4 Å². The topological polar surface area (TPSA) is 57.6 Å². The number of amides is 1. The van der Waals surface area contributed by atoms with Crippen molar-refractivity contribution in [2.45, 2.75) is 25.3 Å². The van der Waals surface area contributed by atoms with Gasteiger partial charge in [0.15, 0.2) is 0 Å². The van der Waals surface area contributed by atoms with E-state index in [9.17, 15) is 18.4 Å². The van der Waals surface area contributed by atoms with Gasteiger partial charge in [0.25, 0.3) is 5.91 Å². The van der Waals surface area contributed by atoms with Crippen molar-refractivity contribution < 1.29 is 23.5 Å². The lowest BCUT2D eigenvalue weighted by atomic mass is 10.1. The lowest BCUT2D eigenvalue weighted by Gasteiger charge is -2.21. The van der Waals surface area contributed by atoms with E-state index in [0.29, 0.717) is 6.07 Å². The van der Waals surface area contributed by atoms with Crippen LogP contribution >= 0.6 is 0 Å². The molecule has 1 aromatic rings. The first kappa shape index (κ1) is 13.5. The second-order valence-electron chi connectivity index (χ2n) is 4.53. The smallest absolute Gasteiger partial charge is 0.305 e. The summed E-state index contributed by atoms with van der Waals surface area (Å²) in [5, 5.41) is 8.65. The standard InChI is InChI=1S/C13H13F2NO3/c14-9-5-8(6-10(15)7-9)13(19)16(11-1-2-11)4-3-12(17)18/h5-7,11H,1-4H2,(H,17,18). The van der Waals surface area contributed by atoms with E-state index in [0.717, 1.165) is 25.0 Å². The Morgan fingerprint density at radius 2 is 1.79 bits per heavy atom. The van der Waals surface area contributed by atoms with Crippen LogP contribution in [0.4, 0.5) is 8.78 Å². The third-order valence-electron chi connectivity index (χ3n) is 2.92. The molecule has 1 aromatic carbocycles. The number of carbonyl (C=O) groups excluding carboxylic acids is 1. The van der Waals surface area contributed by atoms with Gasteiger partial charge in [-0.3, -0.25) is 9.59 Å². The van der Waals surface area contributed by atoms with Crippen LogP contribution < -0.4 is 0 Å². The van der Waals surface area contributed by atoms with Gasteiger partial charge in [0.1, 0.15) is 11.6 Å². The molecule has 1 N–H and O–H groups in total. The molecule has 1 amide bonds. The fraction of sp³-hybridized carbons (Fsp3) is 0.385. The molecule has 19 heavy (non-hydrogen) atoms. The summed E-state index contributed by atoms with van der Waals surface area (Å²) in [7, 11) is 0. The summed E-state index contributed by atoms with van der Waals surface area (Å²) in [6.07, 6.45) is 1.41. The van der Waals surface area contributed by atoms with Gasteiger partial charge in [-0.05, 0) is 25.0 Å². The highest BCUT2D eigenvalue weighted by Crippen LogP contribution is 2.28. The first-order valence-electron chi connectivity index (χ1n) is 5.96. The zero-order chi connectivity index (χ0) is 14.0. The van der Waals surface area contributed by atoms with Crippen LogP contribution in [0, 0.1) is 11.6 Å². The van der Waals surface area contributed by atoms with Crippen molar-refractivity contribution in [3.8, 4) is 0 Å².